The minimum atomic E-state index is -0.174. The van der Waals surface area contributed by atoms with Crippen molar-refractivity contribution in [3.05, 3.63) is 16.4 Å². The lowest BCUT2D eigenvalue weighted by molar-refractivity contribution is -0.0655. The van der Waals surface area contributed by atoms with Crippen LogP contribution in [0.5, 0.6) is 0 Å². The van der Waals surface area contributed by atoms with Crippen molar-refractivity contribution in [1.82, 2.24) is 19.6 Å². The molecule has 0 unspecified atom stereocenters. The van der Waals surface area contributed by atoms with E-state index in [9.17, 15) is 4.79 Å². The molecule has 0 atom stereocenters. The van der Waals surface area contributed by atoms with Crippen LogP contribution in [0.4, 0.5) is 0 Å². The molecule has 0 spiro atoms. The normalized spacial score (nSPS) is 18.0. The summed E-state index contributed by atoms with van der Waals surface area (Å²) in [7, 11) is 7.58. The maximum Gasteiger partial charge on any atom is 0.273 e. The predicted molar refractivity (Wildman–Crippen MR) is 86.4 cm³/mol. The molecule has 0 bridgehead atoms. The molecule has 6 nitrogen and oxygen atoms in total. The number of methoxy groups -OCH3 is 1. The van der Waals surface area contributed by atoms with Gasteiger partial charge in [-0.15, -0.1) is 0 Å². The fourth-order valence-electron chi connectivity index (χ4n) is 3.13. The van der Waals surface area contributed by atoms with Gasteiger partial charge in [0.1, 0.15) is 5.69 Å². The van der Waals surface area contributed by atoms with E-state index in [-0.39, 0.29) is 11.5 Å². The van der Waals surface area contributed by atoms with Gasteiger partial charge >= 0.3 is 0 Å². The van der Waals surface area contributed by atoms with Crippen molar-refractivity contribution < 1.29 is 9.53 Å². The molecule has 1 fully saturated rings. The van der Waals surface area contributed by atoms with E-state index in [1.165, 1.54) is 0 Å². The van der Waals surface area contributed by atoms with Crippen LogP contribution in [0.1, 0.15) is 29.0 Å². The van der Waals surface area contributed by atoms with E-state index in [2.05, 4.69) is 10.00 Å². The molecule has 1 amide bonds. The van der Waals surface area contributed by atoms with Crippen molar-refractivity contribution in [2.75, 3.05) is 40.8 Å². The number of carbonyl (C=O) groups excluding carboxylic acids is 1. The number of amides is 1. The minimum absolute atomic E-state index is 0.0531. The summed E-state index contributed by atoms with van der Waals surface area (Å²) in [5.74, 6) is -0.0531. The highest BCUT2D eigenvalue weighted by Gasteiger charge is 2.37. The number of aromatic nitrogens is 2. The summed E-state index contributed by atoms with van der Waals surface area (Å²) in [6, 6.07) is 0. The Balaban J connectivity index is 2.09. The van der Waals surface area contributed by atoms with Gasteiger partial charge < -0.3 is 14.5 Å². The van der Waals surface area contributed by atoms with Crippen LogP contribution < -0.4 is 0 Å². The molecule has 1 saturated heterocycles. The van der Waals surface area contributed by atoms with Gasteiger partial charge in [0, 0.05) is 33.8 Å². The van der Waals surface area contributed by atoms with E-state index >= 15 is 0 Å². The molecule has 0 N–H and O–H groups in total. The zero-order valence-electron chi connectivity index (χ0n) is 14.0. The molecule has 124 valence electrons. The van der Waals surface area contributed by atoms with Crippen LogP contribution in [0.15, 0.2) is 0 Å². The van der Waals surface area contributed by atoms with Gasteiger partial charge in [-0.25, -0.2) is 0 Å². The lowest BCUT2D eigenvalue weighted by Crippen LogP contribution is -2.52. The molecule has 7 heteroatoms. The number of ether oxygens (including phenoxy) is 1. The van der Waals surface area contributed by atoms with E-state index in [0.29, 0.717) is 29.5 Å². The van der Waals surface area contributed by atoms with Gasteiger partial charge in [-0.3, -0.25) is 9.48 Å². The molecule has 0 saturated carbocycles. The van der Waals surface area contributed by atoms with Gasteiger partial charge in [0.05, 0.1) is 16.3 Å². The smallest absolute Gasteiger partial charge is 0.273 e. The molecule has 2 heterocycles. The summed E-state index contributed by atoms with van der Waals surface area (Å²) >= 11 is 6.22. The SMILES string of the molecule is COC1(CN(C)C)CCN(C(=O)c2c(Cl)c(C)nn2C)CC1. The van der Waals surface area contributed by atoms with Gasteiger partial charge in [0.2, 0.25) is 0 Å². The third-order valence-electron chi connectivity index (χ3n) is 4.35. The monoisotopic (exact) mass is 328 g/mol. The number of likely N-dealkylation sites (tertiary alicyclic amines) is 1. The average molecular weight is 329 g/mol. The molecule has 1 aliphatic rings. The number of hydrogen-bond acceptors (Lipinski definition) is 4. The lowest BCUT2D eigenvalue weighted by Gasteiger charge is -2.42. The highest BCUT2D eigenvalue weighted by atomic mass is 35.5. The van der Waals surface area contributed by atoms with Crippen molar-refractivity contribution in [3.63, 3.8) is 0 Å². The van der Waals surface area contributed by atoms with Gasteiger partial charge in [0.15, 0.2) is 0 Å². The summed E-state index contributed by atoms with van der Waals surface area (Å²) in [4.78, 5) is 16.7. The Morgan fingerprint density at radius 2 is 2.00 bits per heavy atom. The van der Waals surface area contributed by atoms with Gasteiger partial charge in [0.25, 0.3) is 5.91 Å². The van der Waals surface area contributed by atoms with E-state index in [0.717, 1.165) is 19.4 Å². The Bertz CT molecular complexity index is 548. The Kier molecular flexibility index (Phi) is 5.14. The predicted octanol–water partition coefficient (Wildman–Crippen LogP) is 1.56. The Labute approximate surface area is 137 Å². The Morgan fingerprint density at radius 1 is 1.41 bits per heavy atom. The zero-order chi connectivity index (χ0) is 16.5. The van der Waals surface area contributed by atoms with Gasteiger partial charge in [-0.2, -0.15) is 5.10 Å². The third-order valence-corrected chi connectivity index (χ3v) is 4.80. The van der Waals surface area contributed by atoms with E-state index in [4.69, 9.17) is 16.3 Å². The first kappa shape index (κ1) is 17.2. The standard InChI is InChI=1S/C15H25ClN4O2/c1-11-12(16)13(19(4)17-11)14(21)20-8-6-15(22-5,7-9-20)10-18(2)3/h6-10H2,1-5H3. The first-order valence-electron chi connectivity index (χ1n) is 7.48. The number of halogens is 1. The first-order chi connectivity index (χ1) is 10.3. The third kappa shape index (κ3) is 3.29. The molecule has 0 radical (unpaired) electrons. The molecule has 2 rings (SSSR count). The van der Waals surface area contributed by atoms with Crippen LogP contribution >= 0.6 is 11.6 Å². The van der Waals surface area contributed by atoms with Gasteiger partial charge in [-0.1, -0.05) is 11.6 Å². The average Bonchev–Trinajstić information content (AvgIpc) is 2.71. The highest BCUT2D eigenvalue weighted by Crippen LogP contribution is 2.29. The number of likely N-dealkylation sites (N-methyl/N-ethyl adjacent to an activating group) is 1. The highest BCUT2D eigenvalue weighted by molar-refractivity contribution is 6.34. The summed E-state index contributed by atoms with van der Waals surface area (Å²) in [6.45, 7) is 4.00. The number of rotatable bonds is 4. The van der Waals surface area contributed by atoms with Crippen molar-refractivity contribution in [2.45, 2.75) is 25.4 Å². The van der Waals surface area contributed by atoms with Crippen molar-refractivity contribution in [2.24, 2.45) is 7.05 Å². The van der Waals surface area contributed by atoms with E-state index in [1.807, 2.05) is 25.9 Å². The topological polar surface area (TPSA) is 50.6 Å². The maximum absolute atomic E-state index is 12.7. The largest absolute Gasteiger partial charge is 0.377 e. The van der Waals surface area contributed by atoms with Crippen LogP contribution in [-0.2, 0) is 11.8 Å². The van der Waals surface area contributed by atoms with Crippen LogP contribution in [-0.4, -0.2) is 71.9 Å². The molecule has 0 aromatic carbocycles. The van der Waals surface area contributed by atoms with Gasteiger partial charge in [-0.05, 0) is 33.9 Å². The number of carbonyl (C=O) groups is 1. The number of hydrogen-bond donors (Lipinski definition) is 0. The first-order valence-corrected chi connectivity index (χ1v) is 7.86. The fraction of sp³-hybridized carbons (Fsp3) is 0.733. The minimum Gasteiger partial charge on any atom is -0.377 e. The maximum atomic E-state index is 12.7. The summed E-state index contributed by atoms with van der Waals surface area (Å²) < 4.78 is 7.32. The van der Waals surface area contributed by atoms with Crippen LogP contribution in [0, 0.1) is 6.92 Å². The van der Waals surface area contributed by atoms with Crippen molar-refractivity contribution >= 4 is 17.5 Å². The van der Waals surface area contributed by atoms with Crippen LogP contribution in [0.2, 0.25) is 5.02 Å². The molecule has 1 aliphatic heterocycles. The summed E-state index contributed by atoms with van der Waals surface area (Å²) in [6.07, 6.45) is 1.64. The number of aryl methyl sites for hydroxylation is 2. The fourth-order valence-corrected chi connectivity index (χ4v) is 3.38. The van der Waals surface area contributed by atoms with E-state index < -0.39 is 0 Å². The molecule has 1 aromatic rings. The second-order valence-electron chi connectivity index (χ2n) is 6.29. The molecule has 22 heavy (non-hydrogen) atoms. The van der Waals surface area contributed by atoms with Crippen LogP contribution in [0.3, 0.4) is 0 Å². The van der Waals surface area contributed by atoms with E-state index in [1.54, 1.807) is 18.8 Å². The second kappa shape index (κ2) is 6.56. The zero-order valence-corrected chi connectivity index (χ0v) is 14.8. The number of piperidine rings is 1. The molecular formula is C15H25ClN4O2. The number of nitrogens with zero attached hydrogens (tertiary/aromatic N) is 4. The summed E-state index contributed by atoms with van der Waals surface area (Å²) in [5, 5.41) is 4.67. The van der Waals surface area contributed by atoms with Crippen molar-refractivity contribution in [3.8, 4) is 0 Å². The molecule has 1 aromatic heterocycles. The molecular weight excluding hydrogens is 304 g/mol. The quantitative estimate of drug-likeness (QED) is 0.842. The lowest BCUT2D eigenvalue weighted by atomic mass is 9.90. The van der Waals surface area contributed by atoms with Crippen molar-refractivity contribution in [1.29, 1.82) is 0 Å². The second-order valence-corrected chi connectivity index (χ2v) is 6.67. The van der Waals surface area contributed by atoms with Crippen LogP contribution in [0.25, 0.3) is 0 Å². The Hall–Kier alpha value is -1.11. The Morgan fingerprint density at radius 3 is 2.41 bits per heavy atom. The molecule has 0 aliphatic carbocycles. The summed E-state index contributed by atoms with van der Waals surface area (Å²) in [5.41, 5.74) is 0.979.